The maximum absolute atomic E-state index is 11.9. The predicted molar refractivity (Wildman–Crippen MR) is 63.5 cm³/mol. The van der Waals surface area contributed by atoms with Crippen molar-refractivity contribution in [1.82, 2.24) is 9.55 Å². The number of hydrogen-bond acceptors (Lipinski definition) is 4. The van der Waals surface area contributed by atoms with Crippen LogP contribution in [0.15, 0.2) is 17.2 Å². The van der Waals surface area contributed by atoms with Crippen LogP contribution in [0.4, 0.5) is 5.82 Å². The summed E-state index contributed by atoms with van der Waals surface area (Å²) in [7, 11) is 1.75. The molecule has 0 saturated carbocycles. The molecule has 1 fully saturated rings. The van der Waals surface area contributed by atoms with Gasteiger partial charge in [0.1, 0.15) is 0 Å². The van der Waals surface area contributed by atoms with Gasteiger partial charge in [0.2, 0.25) is 0 Å². The quantitative estimate of drug-likeness (QED) is 0.762. The van der Waals surface area contributed by atoms with Crippen molar-refractivity contribution in [3.8, 4) is 0 Å². The van der Waals surface area contributed by atoms with Gasteiger partial charge in [0.15, 0.2) is 5.82 Å². The van der Waals surface area contributed by atoms with E-state index in [1.54, 1.807) is 24.0 Å². The number of aryl methyl sites for hydroxylation is 1. The van der Waals surface area contributed by atoms with Crippen LogP contribution in [-0.2, 0) is 7.05 Å². The first-order valence-corrected chi connectivity index (χ1v) is 5.69. The normalized spacial score (nSPS) is 21.1. The first kappa shape index (κ1) is 11.1. The van der Waals surface area contributed by atoms with Gasteiger partial charge < -0.3 is 15.2 Å². The van der Waals surface area contributed by atoms with Crippen LogP contribution >= 0.6 is 0 Å². The molecule has 0 aromatic carbocycles. The summed E-state index contributed by atoms with van der Waals surface area (Å²) in [6.45, 7) is 2.44. The fraction of sp³-hybridized carbons (Fsp3) is 0.636. The number of nitrogens with two attached hydrogens (primary N) is 1. The Bertz CT molecular complexity index is 415. The smallest absolute Gasteiger partial charge is 0.293 e. The van der Waals surface area contributed by atoms with Crippen LogP contribution in [0.2, 0.25) is 0 Å². The number of anilines is 1. The van der Waals surface area contributed by atoms with Gasteiger partial charge in [0.05, 0.1) is 0 Å². The highest BCUT2D eigenvalue weighted by molar-refractivity contribution is 5.36. The molecule has 0 radical (unpaired) electrons. The van der Waals surface area contributed by atoms with Crippen LogP contribution in [0.5, 0.6) is 0 Å². The van der Waals surface area contributed by atoms with E-state index < -0.39 is 0 Å². The number of nitrogens with zero attached hydrogens (tertiary/aromatic N) is 3. The second-order valence-electron chi connectivity index (χ2n) is 4.36. The topological polar surface area (TPSA) is 64.2 Å². The van der Waals surface area contributed by atoms with E-state index in [1.165, 1.54) is 0 Å². The van der Waals surface area contributed by atoms with Crippen LogP contribution in [0.25, 0.3) is 0 Å². The molecule has 1 atom stereocenters. The highest BCUT2D eigenvalue weighted by Gasteiger charge is 2.21. The molecule has 0 amide bonds. The van der Waals surface area contributed by atoms with Crippen LogP contribution in [-0.4, -0.2) is 29.2 Å². The summed E-state index contributed by atoms with van der Waals surface area (Å²) in [5.74, 6) is 1.05. The lowest BCUT2D eigenvalue weighted by Crippen LogP contribution is -2.42. The summed E-state index contributed by atoms with van der Waals surface area (Å²) in [4.78, 5) is 18.1. The molecule has 0 aliphatic carbocycles. The fourth-order valence-electron chi connectivity index (χ4n) is 2.15. The maximum atomic E-state index is 11.9. The molecule has 1 saturated heterocycles. The molecule has 0 bridgehead atoms. The molecule has 0 spiro atoms. The van der Waals surface area contributed by atoms with E-state index in [4.69, 9.17) is 5.73 Å². The zero-order valence-corrected chi connectivity index (χ0v) is 9.59. The Morgan fingerprint density at radius 3 is 3.19 bits per heavy atom. The van der Waals surface area contributed by atoms with Crippen LogP contribution in [0, 0.1) is 5.92 Å². The Hall–Kier alpha value is -1.36. The van der Waals surface area contributed by atoms with Crippen molar-refractivity contribution in [3.05, 3.63) is 22.7 Å². The Kier molecular flexibility index (Phi) is 3.24. The molecule has 1 aromatic rings. The molecule has 2 rings (SSSR count). The van der Waals surface area contributed by atoms with E-state index >= 15 is 0 Å². The van der Waals surface area contributed by atoms with Crippen molar-refractivity contribution >= 4 is 5.82 Å². The third-order valence-corrected chi connectivity index (χ3v) is 3.15. The van der Waals surface area contributed by atoms with Crippen LogP contribution in [0.3, 0.4) is 0 Å². The van der Waals surface area contributed by atoms with E-state index in [2.05, 4.69) is 9.88 Å². The third-order valence-electron chi connectivity index (χ3n) is 3.15. The summed E-state index contributed by atoms with van der Waals surface area (Å²) in [6, 6.07) is 0. The zero-order chi connectivity index (χ0) is 11.5. The van der Waals surface area contributed by atoms with Gasteiger partial charge in [-0.15, -0.1) is 0 Å². The first-order chi connectivity index (χ1) is 7.72. The molecule has 5 nitrogen and oxygen atoms in total. The lowest BCUT2D eigenvalue weighted by atomic mass is 9.98. The van der Waals surface area contributed by atoms with Gasteiger partial charge in [0.25, 0.3) is 5.56 Å². The van der Waals surface area contributed by atoms with E-state index in [1.807, 2.05) is 0 Å². The van der Waals surface area contributed by atoms with E-state index in [0.717, 1.165) is 25.9 Å². The average molecular weight is 222 g/mol. The summed E-state index contributed by atoms with van der Waals surface area (Å²) >= 11 is 0. The number of rotatable bonds is 2. The Morgan fingerprint density at radius 1 is 1.62 bits per heavy atom. The summed E-state index contributed by atoms with van der Waals surface area (Å²) in [5, 5.41) is 0. The number of piperidine rings is 1. The van der Waals surface area contributed by atoms with E-state index in [-0.39, 0.29) is 5.56 Å². The Morgan fingerprint density at radius 2 is 2.44 bits per heavy atom. The lowest BCUT2D eigenvalue weighted by Gasteiger charge is -2.32. The molecular weight excluding hydrogens is 204 g/mol. The minimum atomic E-state index is -0.0276. The Balaban J connectivity index is 2.23. The second kappa shape index (κ2) is 4.65. The van der Waals surface area contributed by atoms with Gasteiger partial charge >= 0.3 is 0 Å². The molecule has 16 heavy (non-hydrogen) atoms. The molecule has 2 N–H and O–H groups in total. The lowest BCUT2D eigenvalue weighted by molar-refractivity contribution is 0.420. The van der Waals surface area contributed by atoms with Crippen molar-refractivity contribution in [1.29, 1.82) is 0 Å². The molecule has 0 unspecified atom stereocenters. The SMILES string of the molecule is Cn1ccnc(N2CCC[C@@H](CN)C2)c1=O. The highest BCUT2D eigenvalue weighted by atomic mass is 16.1. The van der Waals surface area contributed by atoms with Gasteiger partial charge in [0, 0.05) is 32.5 Å². The minimum absolute atomic E-state index is 0.0276. The first-order valence-electron chi connectivity index (χ1n) is 5.69. The summed E-state index contributed by atoms with van der Waals surface area (Å²) in [6.07, 6.45) is 5.58. The van der Waals surface area contributed by atoms with Gasteiger partial charge in [-0.25, -0.2) is 4.98 Å². The monoisotopic (exact) mass is 222 g/mol. The largest absolute Gasteiger partial charge is 0.352 e. The predicted octanol–water partition coefficient (Wildman–Crippen LogP) is -0.0446. The van der Waals surface area contributed by atoms with Crippen LogP contribution < -0.4 is 16.2 Å². The van der Waals surface area contributed by atoms with Gasteiger partial charge in [-0.3, -0.25) is 4.79 Å². The second-order valence-corrected chi connectivity index (χ2v) is 4.36. The number of hydrogen-bond donors (Lipinski definition) is 1. The number of aromatic nitrogens is 2. The summed E-state index contributed by atoms with van der Waals surface area (Å²) < 4.78 is 1.56. The van der Waals surface area contributed by atoms with E-state index in [0.29, 0.717) is 18.3 Å². The van der Waals surface area contributed by atoms with Crippen molar-refractivity contribution < 1.29 is 0 Å². The van der Waals surface area contributed by atoms with Gasteiger partial charge in [-0.2, -0.15) is 0 Å². The van der Waals surface area contributed by atoms with Crippen LogP contribution in [0.1, 0.15) is 12.8 Å². The third kappa shape index (κ3) is 2.09. The van der Waals surface area contributed by atoms with Gasteiger partial charge in [-0.1, -0.05) is 0 Å². The average Bonchev–Trinajstić information content (AvgIpc) is 2.33. The minimum Gasteiger partial charge on any atom is -0.352 e. The molecule has 1 aliphatic rings. The van der Waals surface area contributed by atoms with Crippen molar-refractivity contribution in [2.24, 2.45) is 18.7 Å². The Labute approximate surface area is 94.9 Å². The molecule has 2 heterocycles. The molecule has 1 aromatic heterocycles. The summed E-state index contributed by atoms with van der Waals surface area (Å²) in [5.41, 5.74) is 5.65. The fourth-order valence-corrected chi connectivity index (χ4v) is 2.15. The molecule has 88 valence electrons. The molecule has 1 aliphatic heterocycles. The van der Waals surface area contributed by atoms with Gasteiger partial charge in [-0.05, 0) is 25.3 Å². The highest BCUT2D eigenvalue weighted by Crippen LogP contribution is 2.18. The van der Waals surface area contributed by atoms with Crippen molar-refractivity contribution in [2.45, 2.75) is 12.8 Å². The standard InChI is InChI=1S/C11H18N4O/c1-14-6-4-13-10(11(14)16)15-5-2-3-9(7-12)8-15/h4,6,9H,2-3,5,7-8,12H2,1H3/t9-/m0/s1. The van der Waals surface area contributed by atoms with Crippen molar-refractivity contribution in [2.75, 3.05) is 24.5 Å². The maximum Gasteiger partial charge on any atom is 0.293 e. The zero-order valence-electron chi connectivity index (χ0n) is 9.59. The van der Waals surface area contributed by atoms with E-state index in [9.17, 15) is 4.79 Å². The molecule has 5 heteroatoms. The molecular formula is C11H18N4O. The van der Waals surface area contributed by atoms with Crippen molar-refractivity contribution in [3.63, 3.8) is 0 Å².